The van der Waals surface area contributed by atoms with Gasteiger partial charge < -0.3 is 20.7 Å². The Hall–Kier alpha value is -2.05. The number of nitrogens with one attached hydrogen (secondary N) is 3. The van der Waals surface area contributed by atoms with Crippen molar-refractivity contribution in [3.8, 4) is 0 Å². The molecule has 1 saturated carbocycles. The van der Waals surface area contributed by atoms with Gasteiger partial charge in [0.15, 0.2) is 0 Å². The highest BCUT2D eigenvalue weighted by atomic mass is 16.4. The summed E-state index contributed by atoms with van der Waals surface area (Å²) >= 11 is 0. The summed E-state index contributed by atoms with van der Waals surface area (Å²) in [6, 6.07) is -0.422. The number of carboxylic acid groups (broad SMARTS) is 1. The Morgan fingerprint density at radius 1 is 1.50 bits per heavy atom. The van der Waals surface area contributed by atoms with Crippen LogP contribution in [0.25, 0.3) is 0 Å². The van der Waals surface area contributed by atoms with E-state index in [0.717, 1.165) is 18.7 Å². The van der Waals surface area contributed by atoms with Crippen molar-refractivity contribution in [1.82, 2.24) is 20.6 Å². The molecule has 0 spiro atoms. The lowest BCUT2D eigenvalue weighted by atomic mass is 10.3. The summed E-state index contributed by atoms with van der Waals surface area (Å²) in [5, 5.41) is 14.0. The Morgan fingerprint density at radius 2 is 2.28 bits per heavy atom. The van der Waals surface area contributed by atoms with Crippen molar-refractivity contribution in [3.63, 3.8) is 0 Å². The smallest absolute Gasteiger partial charge is 0.329 e. The van der Waals surface area contributed by atoms with E-state index in [0.29, 0.717) is 19.4 Å². The van der Waals surface area contributed by atoms with E-state index in [4.69, 9.17) is 5.11 Å². The van der Waals surface area contributed by atoms with Crippen molar-refractivity contribution >= 4 is 12.0 Å². The number of H-pyrrole nitrogens is 1. The van der Waals surface area contributed by atoms with Crippen LogP contribution in [0.3, 0.4) is 0 Å². The number of aromatic amines is 1. The number of aromatic nitrogens is 2. The zero-order valence-electron chi connectivity index (χ0n) is 9.90. The molecule has 0 aliphatic heterocycles. The number of carbonyl (C=O) groups is 2. The normalized spacial score (nSPS) is 16.0. The second-order valence-corrected chi connectivity index (χ2v) is 4.41. The van der Waals surface area contributed by atoms with Crippen LogP contribution in [0.5, 0.6) is 0 Å². The number of aliphatic carboxylic acids is 1. The fourth-order valence-electron chi connectivity index (χ4n) is 1.67. The molecule has 1 heterocycles. The lowest BCUT2D eigenvalue weighted by Crippen LogP contribution is -2.48. The summed E-state index contributed by atoms with van der Waals surface area (Å²) in [6.07, 6.45) is 5.93. The molecular formula is C11H16N4O3. The Morgan fingerprint density at radius 3 is 2.83 bits per heavy atom. The second kappa shape index (κ2) is 5.07. The van der Waals surface area contributed by atoms with Crippen LogP contribution in [-0.4, -0.2) is 39.2 Å². The molecule has 4 N–H and O–H groups in total. The zero-order valence-corrected chi connectivity index (χ0v) is 9.90. The molecule has 18 heavy (non-hydrogen) atoms. The van der Waals surface area contributed by atoms with Gasteiger partial charge in [0.2, 0.25) is 0 Å². The van der Waals surface area contributed by atoms with Gasteiger partial charge in [-0.2, -0.15) is 0 Å². The molecule has 1 aromatic rings. The number of hydrogen-bond donors (Lipinski definition) is 4. The predicted molar refractivity (Wildman–Crippen MR) is 63.0 cm³/mol. The van der Waals surface area contributed by atoms with Gasteiger partial charge in [0.25, 0.3) is 0 Å². The molecule has 0 atom stereocenters. The minimum Gasteiger partial charge on any atom is -0.480 e. The monoisotopic (exact) mass is 252 g/mol. The van der Waals surface area contributed by atoms with E-state index >= 15 is 0 Å². The van der Waals surface area contributed by atoms with Crippen molar-refractivity contribution in [2.24, 2.45) is 0 Å². The first-order valence-electron chi connectivity index (χ1n) is 5.90. The van der Waals surface area contributed by atoms with Crippen LogP contribution in [0.15, 0.2) is 12.4 Å². The lowest BCUT2D eigenvalue weighted by Gasteiger charge is -2.13. The third-order valence-corrected chi connectivity index (χ3v) is 2.94. The number of urea groups is 1. The van der Waals surface area contributed by atoms with E-state index in [1.165, 1.54) is 0 Å². The maximum atomic E-state index is 11.5. The average Bonchev–Trinajstić information content (AvgIpc) is 2.92. The molecule has 1 aliphatic carbocycles. The van der Waals surface area contributed by atoms with Crippen LogP contribution in [0, 0.1) is 0 Å². The van der Waals surface area contributed by atoms with Gasteiger partial charge in [-0.1, -0.05) is 0 Å². The van der Waals surface area contributed by atoms with Gasteiger partial charge in [-0.3, -0.25) is 0 Å². The molecule has 7 heteroatoms. The van der Waals surface area contributed by atoms with Gasteiger partial charge in [-0.15, -0.1) is 0 Å². The first kappa shape index (κ1) is 12.4. The first-order chi connectivity index (χ1) is 8.62. The van der Waals surface area contributed by atoms with Crippen LogP contribution >= 0.6 is 0 Å². The van der Waals surface area contributed by atoms with Crippen LogP contribution < -0.4 is 10.6 Å². The van der Waals surface area contributed by atoms with Gasteiger partial charge in [0.1, 0.15) is 11.4 Å². The van der Waals surface area contributed by atoms with E-state index in [9.17, 15) is 9.59 Å². The molecule has 1 fully saturated rings. The molecule has 0 saturated heterocycles. The van der Waals surface area contributed by atoms with Crippen molar-refractivity contribution in [1.29, 1.82) is 0 Å². The number of aryl methyl sites for hydroxylation is 1. The third kappa shape index (κ3) is 2.99. The molecule has 98 valence electrons. The van der Waals surface area contributed by atoms with Gasteiger partial charge in [-0.25, -0.2) is 14.6 Å². The molecule has 2 rings (SSSR count). The minimum atomic E-state index is -1.02. The molecule has 0 aromatic carbocycles. The number of rotatable bonds is 6. The minimum absolute atomic E-state index is 0.422. The molecule has 1 aliphatic rings. The van der Waals surface area contributed by atoms with Gasteiger partial charge >= 0.3 is 12.0 Å². The maximum absolute atomic E-state index is 11.5. The number of carbonyl (C=O) groups excluding carboxylic acids is 1. The summed E-state index contributed by atoms with van der Waals surface area (Å²) in [5.41, 5.74) is -1.02. The van der Waals surface area contributed by atoms with Crippen molar-refractivity contribution in [3.05, 3.63) is 18.2 Å². The molecule has 1 aromatic heterocycles. The van der Waals surface area contributed by atoms with Crippen LogP contribution in [0.4, 0.5) is 4.79 Å². The summed E-state index contributed by atoms with van der Waals surface area (Å²) < 4.78 is 0. The van der Waals surface area contributed by atoms with Gasteiger partial charge in [0.05, 0.1) is 0 Å². The molecule has 0 radical (unpaired) electrons. The summed E-state index contributed by atoms with van der Waals surface area (Å²) in [7, 11) is 0. The van der Waals surface area contributed by atoms with Gasteiger partial charge in [-0.05, 0) is 19.3 Å². The number of carboxylic acids is 1. The van der Waals surface area contributed by atoms with E-state index < -0.39 is 17.5 Å². The van der Waals surface area contributed by atoms with E-state index in [-0.39, 0.29) is 0 Å². The van der Waals surface area contributed by atoms with Gasteiger partial charge in [0, 0.05) is 25.4 Å². The third-order valence-electron chi connectivity index (χ3n) is 2.94. The highest BCUT2D eigenvalue weighted by Crippen LogP contribution is 2.35. The number of amides is 2. The number of nitrogens with zero attached hydrogens (tertiary/aromatic N) is 1. The van der Waals surface area contributed by atoms with E-state index in [1.807, 2.05) is 0 Å². The molecule has 0 unspecified atom stereocenters. The fraction of sp³-hybridized carbons (Fsp3) is 0.545. The topological polar surface area (TPSA) is 107 Å². The SMILES string of the molecule is O=C(NCCCc1ncc[nH]1)NC1(C(=O)O)CC1. The second-order valence-electron chi connectivity index (χ2n) is 4.41. The first-order valence-corrected chi connectivity index (χ1v) is 5.90. The van der Waals surface area contributed by atoms with Crippen LogP contribution in [0.1, 0.15) is 25.1 Å². The van der Waals surface area contributed by atoms with Crippen LogP contribution in [-0.2, 0) is 11.2 Å². The highest BCUT2D eigenvalue weighted by molar-refractivity contribution is 5.88. The maximum Gasteiger partial charge on any atom is 0.329 e. The summed E-state index contributed by atoms with van der Waals surface area (Å²) in [6.45, 7) is 0.488. The molecule has 0 bridgehead atoms. The Labute approximate surface area is 104 Å². The fourth-order valence-corrected chi connectivity index (χ4v) is 1.67. The summed E-state index contributed by atoms with van der Waals surface area (Å²) in [5.74, 6) is -0.0883. The predicted octanol–water partition coefficient (Wildman–Crippen LogP) is 0.259. The number of hydrogen-bond acceptors (Lipinski definition) is 3. The molecular weight excluding hydrogens is 236 g/mol. The summed E-state index contributed by atoms with van der Waals surface area (Å²) in [4.78, 5) is 29.3. The molecule has 7 nitrogen and oxygen atoms in total. The van der Waals surface area contributed by atoms with E-state index in [1.54, 1.807) is 12.4 Å². The molecule has 2 amide bonds. The largest absolute Gasteiger partial charge is 0.480 e. The van der Waals surface area contributed by atoms with Crippen molar-refractivity contribution in [2.75, 3.05) is 6.54 Å². The highest BCUT2D eigenvalue weighted by Gasteiger charge is 2.51. The zero-order chi connectivity index (χ0) is 13.0. The number of imidazole rings is 1. The quantitative estimate of drug-likeness (QED) is 0.545. The van der Waals surface area contributed by atoms with Crippen LogP contribution in [0.2, 0.25) is 0 Å². The lowest BCUT2D eigenvalue weighted by molar-refractivity contribution is -0.140. The Balaban J connectivity index is 1.62. The standard InChI is InChI=1S/C11H16N4O3/c16-9(17)11(3-4-11)15-10(18)14-5-1-2-8-12-6-7-13-8/h6-7H,1-5H2,(H,12,13)(H,16,17)(H2,14,15,18). The average molecular weight is 252 g/mol. The van der Waals surface area contributed by atoms with Crippen molar-refractivity contribution < 1.29 is 14.7 Å². The Kier molecular flexibility index (Phi) is 3.50. The van der Waals surface area contributed by atoms with E-state index in [2.05, 4.69) is 20.6 Å². The Bertz CT molecular complexity index is 426. The van der Waals surface area contributed by atoms with Crippen molar-refractivity contribution in [2.45, 2.75) is 31.2 Å².